The van der Waals surface area contributed by atoms with Gasteiger partial charge in [-0.25, -0.2) is 0 Å². The van der Waals surface area contributed by atoms with Crippen molar-refractivity contribution in [2.75, 3.05) is 13.1 Å². The Hall–Kier alpha value is -2.45. The lowest BCUT2D eigenvalue weighted by Crippen LogP contribution is -2.50. The number of benzene rings is 1. The van der Waals surface area contributed by atoms with E-state index in [0.717, 1.165) is 5.56 Å². The molecule has 6 N–H and O–H groups in total. The molecule has 1 rings (SSSR count). The monoisotopic (exact) mass is 350 g/mol. The highest BCUT2D eigenvalue weighted by Crippen LogP contribution is 2.03. The molecule has 0 radical (unpaired) electrons. The van der Waals surface area contributed by atoms with E-state index in [1.165, 1.54) is 6.92 Å². The lowest BCUT2D eigenvalue weighted by atomic mass is 10.1. The number of aliphatic hydroxyl groups is 1. The molecule has 1 aromatic rings. The van der Waals surface area contributed by atoms with Gasteiger partial charge in [-0.1, -0.05) is 30.3 Å². The molecule has 25 heavy (non-hydrogen) atoms. The number of hydrogen-bond donors (Lipinski definition) is 5. The van der Waals surface area contributed by atoms with Crippen molar-refractivity contribution in [2.24, 2.45) is 5.73 Å². The molecule has 0 fully saturated rings. The van der Waals surface area contributed by atoms with Crippen molar-refractivity contribution < 1.29 is 19.5 Å². The fourth-order valence-electron chi connectivity index (χ4n) is 2.23. The van der Waals surface area contributed by atoms with E-state index in [9.17, 15) is 19.5 Å². The van der Waals surface area contributed by atoms with Crippen molar-refractivity contribution in [3.8, 4) is 0 Å². The van der Waals surface area contributed by atoms with E-state index in [0.29, 0.717) is 19.4 Å². The summed E-state index contributed by atoms with van der Waals surface area (Å²) in [5, 5.41) is 17.8. The quantitative estimate of drug-likeness (QED) is 0.258. The van der Waals surface area contributed by atoms with E-state index in [1.807, 2.05) is 30.3 Å². The summed E-state index contributed by atoms with van der Waals surface area (Å²) >= 11 is 0. The number of nitrogens with one attached hydrogen (secondary N) is 3. The largest absolute Gasteiger partial charge is 0.377 e. The van der Waals surface area contributed by atoms with Crippen molar-refractivity contribution in [1.29, 1.82) is 0 Å². The zero-order valence-electron chi connectivity index (χ0n) is 14.3. The van der Waals surface area contributed by atoms with Crippen molar-refractivity contribution in [3.63, 3.8) is 0 Å². The number of rotatable bonds is 11. The van der Waals surface area contributed by atoms with Crippen LogP contribution in [-0.4, -0.2) is 48.2 Å². The number of aliphatic hydroxyl groups excluding tert-OH is 1. The number of hydrogen-bond acceptors (Lipinski definition) is 5. The first-order chi connectivity index (χ1) is 11.9. The Morgan fingerprint density at radius 2 is 1.88 bits per heavy atom. The van der Waals surface area contributed by atoms with Crippen LogP contribution in [0.2, 0.25) is 0 Å². The Morgan fingerprint density at radius 3 is 2.48 bits per heavy atom. The van der Waals surface area contributed by atoms with Gasteiger partial charge in [0.2, 0.25) is 17.7 Å². The smallest absolute Gasteiger partial charge is 0.243 e. The van der Waals surface area contributed by atoms with Crippen molar-refractivity contribution >= 4 is 17.7 Å². The molecule has 0 aromatic heterocycles. The van der Waals surface area contributed by atoms with Gasteiger partial charge in [0, 0.05) is 19.8 Å². The van der Waals surface area contributed by atoms with Gasteiger partial charge < -0.3 is 21.5 Å². The molecule has 2 atom stereocenters. The van der Waals surface area contributed by atoms with E-state index in [4.69, 9.17) is 5.73 Å². The first-order valence-corrected chi connectivity index (χ1v) is 8.17. The predicted octanol–water partition coefficient (Wildman–Crippen LogP) is -0.976. The Morgan fingerprint density at radius 1 is 1.20 bits per heavy atom. The third-order valence-electron chi connectivity index (χ3n) is 3.43. The minimum atomic E-state index is -0.952. The van der Waals surface area contributed by atoms with Crippen LogP contribution >= 0.6 is 0 Å². The number of primary amides is 1. The molecule has 0 aliphatic rings. The fraction of sp³-hybridized carbons (Fsp3) is 0.471. The van der Waals surface area contributed by atoms with Crippen LogP contribution in [0, 0.1) is 0 Å². The molecule has 8 nitrogen and oxygen atoms in total. The molecule has 8 heteroatoms. The van der Waals surface area contributed by atoms with Gasteiger partial charge in [0.25, 0.3) is 0 Å². The van der Waals surface area contributed by atoms with Gasteiger partial charge in [0.1, 0.15) is 12.3 Å². The predicted molar refractivity (Wildman–Crippen MR) is 93.2 cm³/mol. The molecular weight excluding hydrogens is 324 g/mol. The Bertz CT molecular complexity index is 565. The molecule has 0 bridgehead atoms. The van der Waals surface area contributed by atoms with E-state index in [1.54, 1.807) is 0 Å². The average Bonchev–Trinajstić information content (AvgIpc) is 2.56. The van der Waals surface area contributed by atoms with Crippen LogP contribution in [0.15, 0.2) is 30.3 Å². The van der Waals surface area contributed by atoms with E-state index >= 15 is 0 Å². The minimum Gasteiger partial charge on any atom is -0.377 e. The summed E-state index contributed by atoms with van der Waals surface area (Å²) in [6.07, 6.45) is 0.136. The van der Waals surface area contributed by atoms with E-state index < -0.39 is 18.2 Å². The normalized spacial score (nSPS) is 12.9. The van der Waals surface area contributed by atoms with Crippen LogP contribution in [0.1, 0.15) is 25.3 Å². The highest BCUT2D eigenvalue weighted by Gasteiger charge is 2.20. The summed E-state index contributed by atoms with van der Waals surface area (Å²) in [6, 6.07) is 8.61. The van der Waals surface area contributed by atoms with Crippen molar-refractivity contribution in [2.45, 2.75) is 38.5 Å². The Kier molecular flexibility index (Phi) is 9.20. The lowest BCUT2D eigenvalue weighted by Gasteiger charge is -2.19. The summed E-state index contributed by atoms with van der Waals surface area (Å²) in [6.45, 7) is 1.74. The fourth-order valence-corrected chi connectivity index (χ4v) is 2.23. The van der Waals surface area contributed by atoms with Gasteiger partial charge in [0.15, 0.2) is 0 Å². The summed E-state index contributed by atoms with van der Waals surface area (Å²) in [4.78, 5) is 34.2. The second-order valence-electron chi connectivity index (χ2n) is 5.73. The van der Waals surface area contributed by atoms with Crippen LogP contribution in [0.5, 0.6) is 0 Å². The molecule has 0 spiro atoms. The Balaban J connectivity index is 2.43. The zero-order valence-corrected chi connectivity index (χ0v) is 14.3. The molecule has 0 aliphatic carbocycles. The number of nitrogens with two attached hydrogens (primary N) is 1. The van der Waals surface area contributed by atoms with E-state index in [-0.39, 0.29) is 24.8 Å². The van der Waals surface area contributed by atoms with Crippen molar-refractivity contribution in [1.82, 2.24) is 16.0 Å². The standard InChI is InChI=1S/C17H26N4O4/c1-12(22)21-14(10-13-6-3-2-4-7-13)17(25)20-11-16(24)19-9-5-8-15(18)23/h2-4,6-7,14,16,19,24H,5,8-11H2,1H3,(H2,18,23)(H,20,25)(H,21,22). The second-order valence-corrected chi connectivity index (χ2v) is 5.73. The average molecular weight is 350 g/mol. The number of carbonyl (C=O) groups is 3. The zero-order chi connectivity index (χ0) is 18.7. The van der Waals surface area contributed by atoms with Gasteiger partial charge in [0.05, 0.1) is 6.54 Å². The molecule has 0 saturated carbocycles. The number of carbonyl (C=O) groups excluding carboxylic acids is 3. The molecule has 3 amide bonds. The molecule has 0 heterocycles. The van der Waals surface area contributed by atoms with Crippen LogP contribution in [-0.2, 0) is 20.8 Å². The lowest BCUT2D eigenvalue weighted by molar-refractivity contribution is -0.128. The summed E-state index contributed by atoms with van der Waals surface area (Å²) < 4.78 is 0. The van der Waals surface area contributed by atoms with Crippen LogP contribution in [0.4, 0.5) is 0 Å². The summed E-state index contributed by atoms with van der Waals surface area (Å²) in [5.74, 6) is -1.08. The number of amides is 3. The maximum Gasteiger partial charge on any atom is 0.243 e. The van der Waals surface area contributed by atoms with Gasteiger partial charge in [-0.05, 0) is 18.5 Å². The molecule has 0 saturated heterocycles. The second kappa shape index (κ2) is 11.2. The Labute approximate surface area is 147 Å². The maximum atomic E-state index is 12.3. The molecular formula is C17H26N4O4. The molecule has 2 unspecified atom stereocenters. The van der Waals surface area contributed by atoms with Crippen LogP contribution in [0.3, 0.4) is 0 Å². The van der Waals surface area contributed by atoms with Gasteiger partial charge in [-0.2, -0.15) is 0 Å². The maximum absolute atomic E-state index is 12.3. The summed E-state index contributed by atoms with van der Waals surface area (Å²) in [5.41, 5.74) is 5.94. The SMILES string of the molecule is CC(=O)NC(Cc1ccccc1)C(=O)NCC(O)NCCCC(N)=O. The molecule has 0 aliphatic heterocycles. The van der Waals surface area contributed by atoms with Crippen LogP contribution in [0.25, 0.3) is 0 Å². The van der Waals surface area contributed by atoms with Crippen molar-refractivity contribution in [3.05, 3.63) is 35.9 Å². The van der Waals surface area contributed by atoms with Gasteiger partial charge in [-0.3, -0.25) is 19.7 Å². The molecule has 1 aromatic carbocycles. The summed E-state index contributed by atoms with van der Waals surface area (Å²) in [7, 11) is 0. The topological polar surface area (TPSA) is 134 Å². The minimum absolute atomic E-state index is 0.0136. The highest BCUT2D eigenvalue weighted by molar-refractivity contribution is 5.87. The first kappa shape index (κ1) is 20.6. The van der Waals surface area contributed by atoms with E-state index in [2.05, 4.69) is 16.0 Å². The molecule has 138 valence electrons. The first-order valence-electron chi connectivity index (χ1n) is 8.17. The highest BCUT2D eigenvalue weighted by atomic mass is 16.3. The van der Waals surface area contributed by atoms with Gasteiger partial charge in [-0.15, -0.1) is 0 Å². The third kappa shape index (κ3) is 9.43. The van der Waals surface area contributed by atoms with Gasteiger partial charge >= 0.3 is 0 Å². The third-order valence-corrected chi connectivity index (χ3v) is 3.43. The van der Waals surface area contributed by atoms with Crippen LogP contribution < -0.4 is 21.7 Å².